The molecular formula is C14H20N2O2. The van der Waals surface area contributed by atoms with E-state index in [-0.39, 0.29) is 6.03 Å². The second kappa shape index (κ2) is 7.37. The van der Waals surface area contributed by atoms with Crippen LogP contribution in [-0.4, -0.2) is 19.2 Å². The fraction of sp³-hybridized carbons (Fsp3) is 0.357. The van der Waals surface area contributed by atoms with Crippen molar-refractivity contribution < 1.29 is 9.53 Å². The molecule has 0 atom stereocenters. The number of amides is 2. The zero-order valence-corrected chi connectivity index (χ0v) is 10.9. The Hall–Kier alpha value is -1.97. The largest absolute Gasteiger partial charge is 0.491 e. The minimum atomic E-state index is -0.268. The van der Waals surface area contributed by atoms with Gasteiger partial charge in [-0.05, 0) is 18.1 Å². The third-order valence-electron chi connectivity index (χ3n) is 2.11. The molecule has 0 aliphatic rings. The van der Waals surface area contributed by atoms with E-state index >= 15 is 0 Å². The van der Waals surface area contributed by atoms with Crippen molar-refractivity contribution in [3.05, 3.63) is 36.9 Å². The SMILES string of the molecule is C=CCNC(=O)Nc1ccccc1OCC(C)C. The van der Waals surface area contributed by atoms with Gasteiger partial charge in [-0.25, -0.2) is 4.79 Å². The number of urea groups is 1. The Morgan fingerprint density at radius 3 is 2.83 bits per heavy atom. The van der Waals surface area contributed by atoms with Gasteiger partial charge in [0.05, 0.1) is 12.3 Å². The Kier molecular flexibility index (Phi) is 5.77. The molecule has 0 bridgehead atoms. The van der Waals surface area contributed by atoms with E-state index in [2.05, 4.69) is 31.1 Å². The summed E-state index contributed by atoms with van der Waals surface area (Å²) in [4.78, 5) is 11.5. The highest BCUT2D eigenvalue weighted by atomic mass is 16.5. The summed E-state index contributed by atoms with van der Waals surface area (Å²) in [5.74, 6) is 1.12. The number of para-hydroxylation sites is 2. The van der Waals surface area contributed by atoms with Crippen LogP contribution in [0.4, 0.5) is 10.5 Å². The molecule has 0 radical (unpaired) electrons. The Balaban J connectivity index is 2.63. The van der Waals surface area contributed by atoms with Crippen LogP contribution >= 0.6 is 0 Å². The summed E-state index contributed by atoms with van der Waals surface area (Å²) in [6.45, 7) is 8.74. The van der Waals surface area contributed by atoms with E-state index in [1.807, 2.05) is 24.3 Å². The smallest absolute Gasteiger partial charge is 0.319 e. The molecule has 1 aromatic rings. The van der Waals surface area contributed by atoms with Gasteiger partial charge in [0.15, 0.2) is 0 Å². The number of anilines is 1. The van der Waals surface area contributed by atoms with Crippen LogP contribution in [0.2, 0.25) is 0 Å². The maximum atomic E-state index is 11.5. The maximum Gasteiger partial charge on any atom is 0.319 e. The quantitative estimate of drug-likeness (QED) is 0.760. The van der Waals surface area contributed by atoms with Crippen molar-refractivity contribution in [2.75, 3.05) is 18.5 Å². The van der Waals surface area contributed by atoms with Crippen molar-refractivity contribution in [2.24, 2.45) is 5.92 Å². The lowest BCUT2D eigenvalue weighted by molar-refractivity contribution is 0.252. The van der Waals surface area contributed by atoms with E-state index in [1.165, 1.54) is 0 Å². The zero-order chi connectivity index (χ0) is 13.4. The number of rotatable bonds is 6. The first-order valence-corrected chi connectivity index (χ1v) is 6.01. The van der Waals surface area contributed by atoms with Crippen LogP contribution in [0.5, 0.6) is 5.75 Å². The number of benzene rings is 1. The van der Waals surface area contributed by atoms with Crippen LogP contribution in [0.25, 0.3) is 0 Å². The molecule has 4 nitrogen and oxygen atoms in total. The summed E-state index contributed by atoms with van der Waals surface area (Å²) in [7, 11) is 0. The lowest BCUT2D eigenvalue weighted by Crippen LogP contribution is -2.28. The van der Waals surface area contributed by atoms with Crippen molar-refractivity contribution in [1.82, 2.24) is 5.32 Å². The fourth-order valence-corrected chi connectivity index (χ4v) is 1.28. The highest BCUT2D eigenvalue weighted by molar-refractivity contribution is 5.90. The molecule has 0 saturated heterocycles. The van der Waals surface area contributed by atoms with Gasteiger partial charge in [-0.2, -0.15) is 0 Å². The van der Waals surface area contributed by atoms with E-state index in [1.54, 1.807) is 6.08 Å². The Labute approximate surface area is 108 Å². The molecule has 18 heavy (non-hydrogen) atoms. The predicted molar refractivity (Wildman–Crippen MR) is 74.0 cm³/mol. The number of nitrogens with one attached hydrogen (secondary N) is 2. The normalized spacial score (nSPS) is 9.94. The maximum absolute atomic E-state index is 11.5. The number of hydrogen-bond acceptors (Lipinski definition) is 2. The fourth-order valence-electron chi connectivity index (χ4n) is 1.28. The number of carbonyl (C=O) groups excluding carboxylic acids is 1. The first-order valence-electron chi connectivity index (χ1n) is 6.01. The number of ether oxygens (including phenoxy) is 1. The van der Waals surface area contributed by atoms with Crippen molar-refractivity contribution in [3.63, 3.8) is 0 Å². The number of hydrogen-bond donors (Lipinski definition) is 2. The molecule has 4 heteroatoms. The summed E-state index contributed by atoms with van der Waals surface area (Å²) in [6, 6.07) is 7.11. The number of carbonyl (C=O) groups is 1. The van der Waals surface area contributed by atoms with Gasteiger partial charge >= 0.3 is 6.03 Å². The lowest BCUT2D eigenvalue weighted by Gasteiger charge is -2.13. The van der Waals surface area contributed by atoms with E-state index in [9.17, 15) is 4.79 Å². The highest BCUT2D eigenvalue weighted by Gasteiger charge is 2.07. The molecule has 0 heterocycles. The first kappa shape index (κ1) is 14.1. The van der Waals surface area contributed by atoms with Gasteiger partial charge in [0.25, 0.3) is 0 Å². The predicted octanol–water partition coefficient (Wildman–Crippen LogP) is 3.03. The third-order valence-corrected chi connectivity index (χ3v) is 2.11. The van der Waals surface area contributed by atoms with Gasteiger partial charge < -0.3 is 15.4 Å². The van der Waals surface area contributed by atoms with Crippen molar-refractivity contribution in [3.8, 4) is 5.75 Å². The van der Waals surface area contributed by atoms with Crippen molar-refractivity contribution in [1.29, 1.82) is 0 Å². The van der Waals surface area contributed by atoms with E-state index in [0.29, 0.717) is 30.5 Å². The topological polar surface area (TPSA) is 50.4 Å². The van der Waals surface area contributed by atoms with Gasteiger partial charge in [0.1, 0.15) is 5.75 Å². The molecule has 2 amide bonds. The molecule has 0 unspecified atom stereocenters. The highest BCUT2D eigenvalue weighted by Crippen LogP contribution is 2.24. The van der Waals surface area contributed by atoms with E-state index < -0.39 is 0 Å². The van der Waals surface area contributed by atoms with E-state index in [4.69, 9.17) is 4.74 Å². The molecule has 0 aliphatic carbocycles. The molecule has 1 rings (SSSR count). The summed E-state index contributed by atoms with van der Waals surface area (Å²) < 4.78 is 5.64. The van der Waals surface area contributed by atoms with Crippen LogP contribution in [0.15, 0.2) is 36.9 Å². The van der Waals surface area contributed by atoms with Crippen LogP contribution in [0.3, 0.4) is 0 Å². The Bertz CT molecular complexity index is 403. The third kappa shape index (κ3) is 4.91. The molecule has 0 saturated carbocycles. The van der Waals surface area contributed by atoms with E-state index in [0.717, 1.165) is 0 Å². The van der Waals surface area contributed by atoms with Gasteiger partial charge in [-0.1, -0.05) is 32.1 Å². The summed E-state index contributed by atoms with van der Waals surface area (Å²) in [5, 5.41) is 5.40. The Morgan fingerprint density at radius 1 is 1.44 bits per heavy atom. The van der Waals surface area contributed by atoms with Gasteiger partial charge in [0.2, 0.25) is 0 Å². The molecular weight excluding hydrogens is 228 g/mol. The summed E-state index contributed by atoms with van der Waals surface area (Å²) >= 11 is 0. The average Bonchev–Trinajstić information content (AvgIpc) is 2.35. The van der Waals surface area contributed by atoms with Gasteiger partial charge in [-0.15, -0.1) is 6.58 Å². The molecule has 0 aliphatic heterocycles. The van der Waals surface area contributed by atoms with Gasteiger partial charge in [-0.3, -0.25) is 0 Å². The van der Waals surface area contributed by atoms with Crippen LogP contribution in [-0.2, 0) is 0 Å². The van der Waals surface area contributed by atoms with Crippen molar-refractivity contribution in [2.45, 2.75) is 13.8 Å². The minimum absolute atomic E-state index is 0.268. The molecule has 98 valence electrons. The zero-order valence-electron chi connectivity index (χ0n) is 10.9. The molecule has 1 aromatic carbocycles. The first-order chi connectivity index (χ1) is 8.63. The van der Waals surface area contributed by atoms with Gasteiger partial charge in [0, 0.05) is 6.54 Å². The van der Waals surface area contributed by atoms with Crippen molar-refractivity contribution >= 4 is 11.7 Å². The second-order valence-electron chi connectivity index (χ2n) is 4.32. The molecule has 0 aromatic heterocycles. The minimum Gasteiger partial charge on any atom is -0.491 e. The lowest BCUT2D eigenvalue weighted by atomic mass is 10.2. The van der Waals surface area contributed by atoms with Crippen LogP contribution < -0.4 is 15.4 Å². The standard InChI is InChI=1S/C14H20N2O2/c1-4-9-15-14(17)16-12-7-5-6-8-13(12)18-10-11(2)3/h4-8,11H,1,9-10H2,2-3H3,(H2,15,16,17). The van der Waals surface area contributed by atoms with Crippen LogP contribution in [0.1, 0.15) is 13.8 Å². The second-order valence-corrected chi connectivity index (χ2v) is 4.32. The molecule has 0 spiro atoms. The van der Waals surface area contributed by atoms with Crippen LogP contribution in [0, 0.1) is 5.92 Å². The average molecular weight is 248 g/mol. The Morgan fingerprint density at radius 2 is 2.17 bits per heavy atom. The molecule has 2 N–H and O–H groups in total. The summed E-state index contributed by atoms with van der Waals surface area (Å²) in [6.07, 6.45) is 1.63. The summed E-state index contributed by atoms with van der Waals surface area (Å²) in [5.41, 5.74) is 0.666. The monoisotopic (exact) mass is 248 g/mol. The molecule has 0 fully saturated rings.